The summed E-state index contributed by atoms with van der Waals surface area (Å²) in [4.78, 5) is 4.39. The summed E-state index contributed by atoms with van der Waals surface area (Å²) in [5.41, 5.74) is 6.11. The van der Waals surface area contributed by atoms with Gasteiger partial charge in [-0.2, -0.15) is 0 Å². The lowest BCUT2D eigenvalue weighted by Crippen LogP contribution is -2.40. The summed E-state index contributed by atoms with van der Waals surface area (Å²) in [5.74, 6) is 0.593. The molecule has 0 atom stereocenters. The number of nitrogens with one attached hydrogen (secondary N) is 1. The van der Waals surface area contributed by atoms with Crippen molar-refractivity contribution >= 4 is 5.96 Å². The normalized spacial score (nSPS) is 24.6. The van der Waals surface area contributed by atoms with Crippen molar-refractivity contribution in [2.45, 2.75) is 63.8 Å². The van der Waals surface area contributed by atoms with Crippen LogP contribution in [0, 0.1) is 5.41 Å². The van der Waals surface area contributed by atoms with Gasteiger partial charge in [-0.15, -0.1) is 0 Å². The van der Waals surface area contributed by atoms with Crippen molar-refractivity contribution in [2.24, 2.45) is 16.1 Å². The first-order valence-corrected chi connectivity index (χ1v) is 7.41. The molecule has 0 saturated heterocycles. The van der Waals surface area contributed by atoms with E-state index in [1.807, 2.05) is 0 Å². The summed E-state index contributed by atoms with van der Waals surface area (Å²) in [7, 11) is 0. The summed E-state index contributed by atoms with van der Waals surface area (Å²) in [6.45, 7) is 1.05. The molecule has 0 aromatic carbocycles. The van der Waals surface area contributed by atoms with Crippen LogP contribution in [0.15, 0.2) is 4.99 Å². The van der Waals surface area contributed by atoms with Crippen LogP contribution in [0.3, 0.4) is 0 Å². The average Bonchev–Trinajstić information content (AvgIpc) is 3.15. The molecule has 2 rings (SSSR count). The molecule has 2 saturated carbocycles. The third kappa shape index (κ3) is 4.16. The van der Waals surface area contributed by atoms with Gasteiger partial charge in [0.1, 0.15) is 0 Å². The Bertz CT molecular complexity index is 279. The maximum absolute atomic E-state index is 9.22. The number of aliphatic hydroxyl groups excluding tert-OH is 1. The highest BCUT2D eigenvalue weighted by Crippen LogP contribution is 2.48. The summed E-state index contributed by atoms with van der Waals surface area (Å²) in [6.07, 6.45) is 11.0. The monoisotopic (exact) mass is 253 g/mol. The summed E-state index contributed by atoms with van der Waals surface area (Å²) in [6, 6.07) is 0.518. The van der Waals surface area contributed by atoms with Gasteiger partial charge in [0.2, 0.25) is 0 Å². The van der Waals surface area contributed by atoms with Gasteiger partial charge < -0.3 is 16.2 Å². The van der Waals surface area contributed by atoms with Crippen molar-refractivity contribution in [2.75, 3.05) is 13.2 Å². The molecule has 18 heavy (non-hydrogen) atoms. The minimum Gasteiger partial charge on any atom is -0.396 e. The van der Waals surface area contributed by atoms with E-state index in [-0.39, 0.29) is 5.41 Å². The van der Waals surface area contributed by atoms with Gasteiger partial charge in [-0.05, 0) is 37.5 Å². The van der Waals surface area contributed by atoms with Gasteiger partial charge in [0, 0.05) is 19.2 Å². The number of nitrogens with two attached hydrogens (primary N) is 1. The zero-order valence-corrected chi connectivity index (χ0v) is 11.3. The predicted molar refractivity (Wildman–Crippen MR) is 74.5 cm³/mol. The number of aliphatic hydroxyl groups is 1. The Kier molecular flexibility index (Phi) is 4.87. The smallest absolute Gasteiger partial charge is 0.188 e. The van der Waals surface area contributed by atoms with E-state index in [0.717, 1.165) is 25.8 Å². The van der Waals surface area contributed by atoms with Gasteiger partial charge >= 0.3 is 0 Å². The molecule has 0 amide bonds. The molecule has 4 N–H and O–H groups in total. The molecule has 0 radical (unpaired) electrons. The van der Waals surface area contributed by atoms with Gasteiger partial charge in [-0.1, -0.05) is 25.7 Å². The number of rotatable bonds is 5. The topological polar surface area (TPSA) is 70.6 Å². The molecule has 4 nitrogen and oxygen atoms in total. The van der Waals surface area contributed by atoms with Gasteiger partial charge in [0.05, 0.1) is 0 Å². The van der Waals surface area contributed by atoms with Crippen LogP contribution in [0.1, 0.15) is 57.8 Å². The zero-order chi connectivity index (χ0) is 12.8. The van der Waals surface area contributed by atoms with Gasteiger partial charge in [-0.25, -0.2) is 0 Å². The molecule has 0 spiro atoms. The van der Waals surface area contributed by atoms with Crippen molar-refractivity contribution in [3.8, 4) is 0 Å². The Morgan fingerprint density at radius 1 is 1.22 bits per heavy atom. The maximum atomic E-state index is 9.22. The summed E-state index contributed by atoms with van der Waals surface area (Å²) < 4.78 is 0. The molecule has 0 aliphatic heterocycles. The minimum atomic E-state index is 0.187. The molecule has 0 aromatic heterocycles. The highest BCUT2D eigenvalue weighted by atomic mass is 16.3. The van der Waals surface area contributed by atoms with Gasteiger partial charge in [0.25, 0.3) is 0 Å². The number of guanidine groups is 1. The summed E-state index contributed by atoms with van der Waals surface area (Å²) >= 11 is 0. The number of aliphatic imine (C=N–C) groups is 1. The number of nitrogens with zero attached hydrogens (tertiary/aromatic N) is 1. The van der Waals surface area contributed by atoms with Crippen LogP contribution >= 0.6 is 0 Å². The molecule has 0 aromatic rings. The quantitative estimate of drug-likeness (QED) is 0.397. The van der Waals surface area contributed by atoms with Gasteiger partial charge in [0.15, 0.2) is 5.96 Å². The lowest BCUT2D eigenvalue weighted by molar-refractivity contribution is 0.205. The Hall–Kier alpha value is -0.770. The zero-order valence-electron chi connectivity index (χ0n) is 11.3. The van der Waals surface area contributed by atoms with Crippen molar-refractivity contribution in [3.63, 3.8) is 0 Å². The van der Waals surface area contributed by atoms with Crippen LogP contribution in [0.4, 0.5) is 0 Å². The van der Waals surface area contributed by atoms with E-state index < -0.39 is 0 Å². The Labute approximate surface area is 110 Å². The third-order valence-electron chi connectivity index (χ3n) is 4.42. The molecular weight excluding hydrogens is 226 g/mol. The SMILES string of the molecule is NC(=NCCC1(CO)CC1)NC1CCCCCC1. The first kappa shape index (κ1) is 13.7. The largest absolute Gasteiger partial charge is 0.396 e. The molecule has 4 heteroatoms. The number of hydrogen-bond donors (Lipinski definition) is 3. The average molecular weight is 253 g/mol. The van der Waals surface area contributed by atoms with E-state index in [1.165, 1.54) is 38.5 Å². The second-order valence-corrected chi connectivity index (χ2v) is 6.01. The molecular formula is C14H27N3O. The van der Waals surface area contributed by atoms with E-state index in [4.69, 9.17) is 5.73 Å². The van der Waals surface area contributed by atoms with E-state index in [0.29, 0.717) is 18.6 Å². The predicted octanol–water partition coefficient (Wildman–Crippen LogP) is 1.78. The van der Waals surface area contributed by atoms with Crippen molar-refractivity contribution in [1.29, 1.82) is 0 Å². The summed E-state index contributed by atoms with van der Waals surface area (Å²) in [5, 5.41) is 12.6. The first-order chi connectivity index (χ1) is 8.74. The lowest BCUT2D eigenvalue weighted by atomic mass is 10.0. The Morgan fingerprint density at radius 3 is 2.44 bits per heavy atom. The van der Waals surface area contributed by atoms with Crippen LogP contribution < -0.4 is 11.1 Å². The number of hydrogen-bond acceptors (Lipinski definition) is 2. The van der Waals surface area contributed by atoms with Crippen LogP contribution in [-0.2, 0) is 0 Å². The Morgan fingerprint density at radius 2 is 1.89 bits per heavy atom. The molecule has 2 fully saturated rings. The van der Waals surface area contributed by atoms with Crippen molar-refractivity contribution in [1.82, 2.24) is 5.32 Å². The third-order valence-corrected chi connectivity index (χ3v) is 4.42. The van der Waals surface area contributed by atoms with Crippen LogP contribution in [0.25, 0.3) is 0 Å². The minimum absolute atomic E-state index is 0.187. The fourth-order valence-electron chi connectivity index (χ4n) is 2.76. The highest BCUT2D eigenvalue weighted by molar-refractivity contribution is 5.78. The van der Waals surface area contributed by atoms with E-state index in [9.17, 15) is 5.11 Å². The standard InChI is InChI=1S/C14H27N3O/c15-13(16-10-9-14(11-18)7-8-14)17-12-5-3-1-2-4-6-12/h12,18H,1-11H2,(H3,15,16,17). The maximum Gasteiger partial charge on any atom is 0.188 e. The van der Waals surface area contributed by atoms with Crippen molar-refractivity contribution in [3.05, 3.63) is 0 Å². The molecule has 0 unspecified atom stereocenters. The highest BCUT2D eigenvalue weighted by Gasteiger charge is 2.41. The fraction of sp³-hybridized carbons (Fsp3) is 0.929. The molecule has 0 bridgehead atoms. The molecule has 2 aliphatic carbocycles. The van der Waals surface area contributed by atoms with Gasteiger partial charge in [-0.3, -0.25) is 4.99 Å². The molecule has 2 aliphatic rings. The lowest BCUT2D eigenvalue weighted by Gasteiger charge is -2.17. The molecule has 0 heterocycles. The molecule has 104 valence electrons. The second kappa shape index (κ2) is 6.41. The second-order valence-electron chi connectivity index (χ2n) is 6.01. The van der Waals surface area contributed by atoms with Crippen LogP contribution in [-0.4, -0.2) is 30.3 Å². The fourth-order valence-corrected chi connectivity index (χ4v) is 2.76. The van der Waals surface area contributed by atoms with E-state index in [1.54, 1.807) is 0 Å². The van der Waals surface area contributed by atoms with Crippen LogP contribution in [0.2, 0.25) is 0 Å². The van der Waals surface area contributed by atoms with Crippen molar-refractivity contribution < 1.29 is 5.11 Å². The first-order valence-electron chi connectivity index (χ1n) is 7.41. The van der Waals surface area contributed by atoms with E-state index in [2.05, 4.69) is 10.3 Å². The van der Waals surface area contributed by atoms with Crippen LogP contribution in [0.5, 0.6) is 0 Å². The van der Waals surface area contributed by atoms with E-state index >= 15 is 0 Å². The Balaban J connectivity index is 1.67.